The zero-order chi connectivity index (χ0) is 15.2. The fourth-order valence-corrected chi connectivity index (χ4v) is 1.82. The molecule has 1 atom stereocenters. The first-order chi connectivity index (χ1) is 9.31. The van der Waals surface area contributed by atoms with E-state index in [0.717, 1.165) is 18.4 Å². The van der Waals surface area contributed by atoms with Crippen molar-refractivity contribution in [2.45, 2.75) is 59.1 Å². The van der Waals surface area contributed by atoms with E-state index in [1.165, 1.54) is 5.56 Å². The van der Waals surface area contributed by atoms with E-state index < -0.39 is 11.7 Å². The molecule has 1 rings (SSSR count). The minimum absolute atomic E-state index is 0.0261. The molecule has 0 aliphatic heterocycles. The average molecular weight is 278 g/mol. The van der Waals surface area contributed by atoms with Crippen molar-refractivity contribution in [3.05, 3.63) is 35.4 Å². The Morgan fingerprint density at radius 2 is 1.85 bits per heavy atom. The lowest BCUT2D eigenvalue weighted by molar-refractivity contribution is 0.0489. The number of rotatable bonds is 5. The van der Waals surface area contributed by atoms with Crippen molar-refractivity contribution in [3.63, 3.8) is 0 Å². The van der Waals surface area contributed by atoms with Crippen molar-refractivity contribution in [2.24, 2.45) is 0 Å². The van der Waals surface area contributed by atoms with Crippen LogP contribution in [-0.2, 0) is 11.2 Å². The van der Waals surface area contributed by atoms with Crippen LogP contribution in [0.15, 0.2) is 24.3 Å². The highest BCUT2D eigenvalue weighted by molar-refractivity contribution is 5.67. The summed E-state index contributed by atoms with van der Waals surface area (Å²) < 4.78 is 5.16. The zero-order valence-corrected chi connectivity index (χ0v) is 13.1. The molecule has 0 saturated heterocycles. The van der Waals surface area contributed by atoms with Crippen LogP contribution in [0.5, 0.6) is 0 Å². The van der Waals surface area contributed by atoms with Gasteiger partial charge in [0.05, 0.1) is 0 Å². The maximum atomic E-state index is 11.5. The summed E-state index contributed by atoms with van der Waals surface area (Å²) in [4.78, 5) is 11.5. The lowest BCUT2D eigenvalue weighted by atomic mass is 10.0. The molecule has 0 aliphatic carbocycles. The van der Waals surface area contributed by atoms with Gasteiger partial charge >= 0.3 is 6.09 Å². The Morgan fingerprint density at radius 3 is 2.35 bits per heavy atom. The molecule has 1 aromatic rings. The van der Waals surface area contributed by atoms with Crippen LogP contribution >= 0.6 is 0 Å². The Morgan fingerprint density at radius 1 is 1.25 bits per heavy atom. The summed E-state index contributed by atoms with van der Waals surface area (Å²) >= 11 is 0. The highest BCUT2D eigenvalue weighted by Crippen LogP contribution is 2.14. The molecule has 20 heavy (non-hydrogen) atoms. The Kier molecular flexibility index (Phi) is 6.02. The fourth-order valence-electron chi connectivity index (χ4n) is 1.82. The SMILES string of the molecule is CCCc1ccc(C(C)NNC(=O)OC(C)(C)C)cc1. The molecule has 4 nitrogen and oxygen atoms in total. The van der Waals surface area contributed by atoms with E-state index in [9.17, 15) is 4.79 Å². The molecular formula is C16H26N2O2. The minimum atomic E-state index is -0.489. The number of hydrogen-bond donors (Lipinski definition) is 2. The zero-order valence-electron chi connectivity index (χ0n) is 13.1. The maximum Gasteiger partial charge on any atom is 0.422 e. The first-order valence-corrected chi connectivity index (χ1v) is 7.15. The highest BCUT2D eigenvalue weighted by Gasteiger charge is 2.16. The molecular weight excluding hydrogens is 252 g/mol. The van der Waals surface area contributed by atoms with Gasteiger partial charge in [0.1, 0.15) is 5.60 Å². The molecule has 0 radical (unpaired) electrons. The molecule has 0 spiro atoms. The van der Waals surface area contributed by atoms with E-state index in [1.807, 2.05) is 27.7 Å². The van der Waals surface area contributed by atoms with Crippen LogP contribution in [0.2, 0.25) is 0 Å². The summed E-state index contributed by atoms with van der Waals surface area (Å²) in [6.07, 6.45) is 1.78. The summed E-state index contributed by atoms with van der Waals surface area (Å²) in [5.41, 5.74) is 7.49. The third-order valence-electron chi connectivity index (χ3n) is 2.81. The second kappa shape index (κ2) is 7.29. The van der Waals surface area contributed by atoms with Crippen molar-refractivity contribution in [1.82, 2.24) is 10.9 Å². The molecule has 4 heteroatoms. The first-order valence-electron chi connectivity index (χ1n) is 7.15. The number of nitrogens with one attached hydrogen (secondary N) is 2. The number of benzene rings is 1. The molecule has 112 valence electrons. The van der Waals surface area contributed by atoms with Gasteiger partial charge in [0, 0.05) is 6.04 Å². The quantitative estimate of drug-likeness (QED) is 0.807. The Bertz CT molecular complexity index is 421. The van der Waals surface area contributed by atoms with Gasteiger partial charge in [-0.2, -0.15) is 0 Å². The van der Waals surface area contributed by atoms with E-state index in [4.69, 9.17) is 4.74 Å². The summed E-state index contributed by atoms with van der Waals surface area (Å²) in [6, 6.07) is 8.45. The third-order valence-corrected chi connectivity index (χ3v) is 2.81. The van der Waals surface area contributed by atoms with Gasteiger partial charge in [-0.15, -0.1) is 0 Å². The van der Waals surface area contributed by atoms with Gasteiger partial charge in [-0.25, -0.2) is 10.2 Å². The molecule has 0 saturated carbocycles. The summed E-state index contributed by atoms with van der Waals surface area (Å²) in [6.45, 7) is 9.67. The normalized spacial score (nSPS) is 12.8. The lowest BCUT2D eigenvalue weighted by Gasteiger charge is -2.21. The lowest BCUT2D eigenvalue weighted by Crippen LogP contribution is -2.42. The second-order valence-electron chi connectivity index (χ2n) is 5.98. The van der Waals surface area contributed by atoms with Crippen molar-refractivity contribution in [3.8, 4) is 0 Å². The average Bonchev–Trinajstić information content (AvgIpc) is 2.35. The van der Waals surface area contributed by atoms with E-state index in [0.29, 0.717) is 0 Å². The van der Waals surface area contributed by atoms with Crippen molar-refractivity contribution >= 4 is 6.09 Å². The number of hydrogen-bond acceptors (Lipinski definition) is 3. The van der Waals surface area contributed by atoms with Crippen molar-refractivity contribution < 1.29 is 9.53 Å². The molecule has 0 aromatic heterocycles. The summed E-state index contributed by atoms with van der Waals surface area (Å²) in [7, 11) is 0. The molecule has 2 N–H and O–H groups in total. The van der Waals surface area contributed by atoms with Gasteiger partial charge in [-0.05, 0) is 45.2 Å². The maximum absolute atomic E-state index is 11.5. The van der Waals surface area contributed by atoms with Crippen LogP contribution < -0.4 is 10.9 Å². The smallest absolute Gasteiger partial charge is 0.422 e. The van der Waals surface area contributed by atoms with Gasteiger partial charge in [0.2, 0.25) is 0 Å². The molecule has 0 heterocycles. The number of aryl methyl sites for hydroxylation is 1. The first kappa shape index (κ1) is 16.5. The van der Waals surface area contributed by atoms with Crippen molar-refractivity contribution in [2.75, 3.05) is 0 Å². The fraction of sp³-hybridized carbons (Fsp3) is 0.562. The van der Waals surface area contributed by atoms with Crippen LogP contribution in [-0.4, -0.2) is 11.7 Å². The Hall–Kier alpha value is -1.55. The summed E-state index contributed by atoms with van der Waals surface area (Å²) in [5, 5.41) is 0. The molecule has 1 unspecified atom stereocenters. The van der Waals surface area contributed by atoms with E-state index in [-0.39, 0.29) is 6.04 Å². The number of carbonyl (C=O) groups excluding carboxylic acids is 1. The van der Waals surface area contributed by atoms with Gasteiger partial charge in [-0.3, -0.25) is 5.43 Å². The highest BCUT2D eigenvalue weighted by atomic mass is 16.6. The minimum Gasteiger partial charge on any atom is -0.443 e. The van der Waals surface area contributed by atoms with Gasteiger partial charge in [-0.1, -0.05) is 37.6 Å². The summed E-state index contributed by atoms with van der Waals surface area (Å²) in [5.74, 6) is 0. The van der Waals surface area contributed by atoms with Crippen LogP contribution in [0.3, 0.4) is 0 Å². The van der Waals surface area contributed by atoms with Crippen LogP contribution in [0.25, 0.3) is 0 Å². The second-order valence-corrected chi connectivity index (χ2v) is 5.98. The predicted octanol–water partition coefficient (Wildman–Crippen LogP) is 3.73. The molecule has 0 fully saturated rings. The molecule has 0 aliphatic rings. The Labute approximate surface area is 121 Å². The molecule has 0 bridgehead atoms. The number of ether oxygens (including phenoxy) is 1. The van der Waals surface area contributed by atoms with E-state index >= 15 is 0 Å². The predicted molar refractivity (Wildman–Crippen MR) is 81.4 cm³/mol. The van der Waals surface area contributed by atoms with Crippen LogP contribution in [0.1, 0.15) is 58.2 Å². The number of hydrazine groups is 1. The topological polar surface area (TPSA) is 50.4 Å². The molecule has 1 amide bonds. The third kappa shape index (κ3) is 6.06. The number of amides is 1. The van der Waals surface area contributed by atoms with E-state index in [1.54, 1.807) is 0 Å². The number of carbonyl (C=O) groups is 1. The van der Waals surface area contributed by atoms with Crippen molar-refractivity contribution in [1.29, 1.82) is 0 Å². The van der Waals surface area contributed by atoms with Gasteiger partial charge in [0.15, 0.2) is 0 Å². The standard InChI is InChI=1S/C16H26N2O2/c1-6-7-13-8-10-14(11-9-13)12(2)17-18-15(19)20-16(3,4)5/h8-12,17H,6-7H2,1-5H3,(H,18,19). The largest absolute Gasteiger partial charge is 0.443 e. The molecule has 1 aromatic carbocycles. The van der Waals surface area contributed by atoms with Gasteiger partial charge in [0.25, 0.3) is 0 Å². The Balaban J connectivity index is 2.46. The van der Waals surface area contributed by atoms with Gasteiger partial charge < -0.3 is 4.74 Å². The van der Waals surface area contributed by atoms with E-state index in [2.05, 4.69) is 42.0 Å². The van der Waals surface area contributed by atoms with Crippen LogP contribution in [0.4, 0.5) is 4.79 Å². The monoisotopic (exact) mass is 278 g/mol. The van der Waals surface area contributed by atoms with Crippen LogP contribution in [0, 0.1) is 0 Å².